The summed E-state index contributed by atoms with van der Waals surface area (Å²) in [5.74, 6) is -0.0882. The maximum absolute atomic E-state index is 13.0. The number of hydrogen-bond donors (Lipinski definition) is 0. The lowest BCUT2D eigenvalue weighted by Gasteiger charge is -2.18. The second kappa shape index (κ2) is 9.18. The van der Waals surface area contributed by atoms with E-state index in [2.05, 4.69) is 15.9 Å². The van der Waals surface area contributed by atoms with E-state index in [1.807, 2.05) is 42.5 Å². The summed E-state index contributed by atoms with van der Waals surface area (Å²) >= 11 is 3.39. The monoisotopic (exact) mass is 478 g/mol. The summed E-state index contributed by atoms with van der Waals surface area (Å²) in [6.45, 7) is 1.99. The molecule has 1 heterocycles. The van der Waals surface area contributed by atoms with Gasteiger partial charge in [0.15, 0.2) is 5.43 Å². The van der Waals surface area contributed by atoms with Gasteiger partial charge < -0.3 is 13.9 Å². The molecule has 0 spiro atoms. The number of ether oxygens (including phenoxy) is 2. The van der Waals surface area contributed by atoms with E-state index < -0.39 is 12.1 Å². The fourth-order valence-corrected chi connectivity index (χ4v) is 3.51. The minimum Gasteiger partial charge on any atom is -0.474 e. The van der Waals surface area contributed by atoms with Crippen LogP contribution in [0.15, 0.2) is 92.7 Å². The lowest BCUT2D eigenvalue weighted by molar-refractivity contribution is -0.151. The van der Waals surface area contributed by atoms with Crippen LogP contribution in [0.5, 0.6) is 5.75 Å². The largest absolute Gasteiger partial charge is 0.474 e. The highest BCUT2D eigenvalue weighted by Gasteiger charge is 2.24. The molecule has 1 aromatic heterocycles. The van der Waals surface area contributed by atoms with Crippen molar-refractivity contribution < 1.29 is 18.7 Å². The maximum Gasteiger partial charge on any atom is 0.352 e. The molecule has 31 heavy (non-hydrogen) atoms. The first-order chi connectivity index (χ1) is 15.1. The van der Waals surface area contributed by atoms with Gasteiger partial charge in [-0.05, 0) is 36.8 Å². The second-order valence-electron chi connectivity index (χ2n) is 6.80. The van der Waals surface area contributed by atoms with Crippen molar-refractivity contribution >= 4 is 32.9 Å². The van der Waals surface area contributed by atoms with Gasteiger partial charge in [-0.25, -0.2) is 4.79 Å². The van der Waals surface area contributed by atoms with Gasteiger partial charge in [-0.15, -0.1) is 0 Å². The number of hydrogen-bond acceptors (Lipinski definition) is 5. The molecule has 0 radical (unpaired) electrons. The highest BCUT2D eigenvalue weighted by molar-refractivity contribution is 9.10. The maximum atomic E-state index is 13.0. The third kappa shape index (κ3) is 4.54. The first kappa shape index (κ1) is 20.9. The van der Waals surface area contributed by atoms with Crippen LogP contribution in [0.4, 0.5) is 0 Å². The first-order valence-corrected chi connectivity index (χ1v) is 10.6. The molecule has 0 amide bonds. The van der Waals surface area contributed by atoms with Crippen molar-refractivity contribution in [2.24, 2.45) is 0 Å². The van der Waals surface area contributed by atoms with Crippen LogP contribution in [0.1, 0.15) is 18.6 Å². The third-order valence-electron chi connectivity index (χ3n) is 4.76. The summed E-state index contributed by atoms with van der Waals surface area (Å²) in [5.41, 5.74) is 2.15. The van der Waals surface area contributed by atoms with Crippen molar-refractivity contribution in [3.63, 3.8) is 0 Å². The number of carbonyl (C=O) groups excluding carboxylic acids is 1. The van der Waals surface area contributed by atoms with Crippen molar-refractivity contribution in [3.8, 4) is 16.9 Å². The average molecular weight is 479 g/mol. The van der Waals surface area contributed by atoms with Crippen LogP contribution in [0.2, 0.25) is 0 Å². The minimum absolute atomic E-state index is 0.139. The number of rotatable bonds is 6. The standard InChI is InChI=1S/C25H19BrO5/c1-2-29-25(28)24(17-6-4-3-5-7-17)31-19-12-13-20-22(14-19)30-15-21(23(20)27)16-8-10-18(26)11-9-16/h3-15,24H,2H2,1H3. The van der Waals surface area contributed by atoms with Gasteiger partial charge in [0.05, 0.1) is 17.6 Å². The third-order valence-corrected chi connectivity index (χ3v) is 5.29. The molecule has 0 fully saturated rings. The summed E-state index contributed by atoms with van der Waals surface area (Å²) in [5, 5.41) is 0.431. The summed E-state index contributed by atoms with van der Waals surface area (Å²) in [7, 11) is 0. The lowest BCUT2D eigenvalue weighted by atomic mass is 10.1. The van der Waals surface area contributed by atoms with Crippen LogP contribution in [-0.4, -0.2) is 12.6 Å². The number of fused-ring (bicyclic) bond motifs is 1. The summed E-state index contributed by atoms with van der Waals surface area (Å²) in [6, 6.07) is 21.5. The van der Waals surface area contributed by atoms with Crippen LogP contribution in [0.3, 0.4) is 0 Å². The fourth-order valence-electron chi connectivity index (χ4n) is 3.24. The van der Waals surface area contributed by atoms with Crippen molar-refractivity contribution in [2.75, 3.05) is 6.61 Å². The normalized spacial score (nSPS) is 11.8. The Hall–Kier alpha value is -3.38. The number of benzene rings is 3. The Morgan fingerprint density at radius 2 is 1.77 bits per heavy atom. The number of esters is 1. The predicted octanol–water partition coefficient (Wildman–Crippen LogP) is 5.91. The van der Waals surface area contributed by atoms with E-state index in [0.29, 0.717) is 27.8 Å². The zero-order valence-electron chi connectivity index (χ0n) is 16.7. The summed E-state index contributed by atoms with van der Waals surface area (Å²) in [6.07, 6.45) is 0.518. The first-order valence-electron chi connectivity index (χ1n) is 9.76. The van der Waals surface area contributed by atoms with Crippen LogP contribution < -0.4 is 10.2 Å². The van der Waals surface area contributed by atoms with Crippen LogP contribution in [0.25, 0.3) is 22.1 Å². The topological polar surface area (TPSA) is 65.7 Å². The molecule has 0 bridgehead atoms. The Morgan fingerprint density at radius 1 is 1.03 bits per heavy atom. The molecule has 0 aliphatic carbocycles. The second-order valence-corrected chi connectivity index (χ2v) is 7.72. The van der Waals surface area contributed by atoms with Crippen molar-refractivity contribution in [3.05, 3.63) is 99.3 Å². The smallest absolute Gasteiger partial charge is 0.352 e. The minimum atomic E-state index is -0.924. The zero-order valence-corrected chi connectivity index (χ0v) is 18.3. The van der Waals surface area contributed by atoms with Crippen LogP contribution in [-0.2, 0) is 9.53 Å². The fraction of sp³-hybridized carbons (Fsp3) is 0.120. The Balaban J connectivity index is 1.68. The molecule has 6 heteroatoms. The predicted molar refractivity (Wildman–Crippen MR) is 122 cm³/mol. The number of carbonyl (C=O) groups is 1. The SMILES string of the molecule is CCOC(=O)C(Oc1ccc2c(=O)c(-c3ccc(Br)cc3)coc2c1)c1ccccc1. The van der Waals surface area contributed by atoms with Gasteiger partial charge in [0, 0.05) is 16.1 Å². The van der Waals surface area contributed by atoms with E-state index in [0.717, 1.165) is 10.0 Å². The Labute approximate surface area is 187 Å². The Kier molecular flexibility index (Phi) is 6.18. The molecule has 1 unspecified atom stereocenters. The van der Waals surface area contributed by atoms with E-state index in [1.165, 1.54) is 6.26 Å². The van der Waals surface area contributed by atoms with E-state index >= 15 is 0 Å². The van der Waals surface area contributed by atoms with E-state index in [1.54, 1.807) is 37.3 Å². The van der Waals surface area contributed by atoms with E-state index in [4.69, 9.17) is 13.9 Å². The lowest BCUT2D eigenvalue weighted by Crippen LogP contribution is -2.21. The van der Waals surface area contributed by atoms with Gasteiger partial charge in [-0.3, -0.25) is 4.79 Å². The van der Waals surface area contributed by atoms with E-state index in [9.17, 15) is 9.59 Å². The molecular weight excluding hydrogens is 460 g/mol. The van der Waals surface area contributed by atoms with Crippen LogP contribution in [0, 0.1) is 0 Å². The zero-order chi connectivity index (χ0) is 21.8. The van der Waals surface area contributed by atoms with Crippen molar-refractivity contribution in [1.82, 2.24) is 0 Å². The van der Waals surface area contributed by atoms with Gasteiger partial charge in [0.2, 0.25) is 6.10 Å². The van der Waals surface area contributed by atoms with Gasteiger partial charge >= 0.3 is 5.97 Å². The molecule has 4 rings (SSSR count). The average Bonchev–Trinajstić information content (AvgIpc) is 2.79. The summed E-state index contributed by atoms with van der Waals surface area (Å²) < 4.78 is 17.8. The molecule has 0 N–H and O–H groups in total. The molecule has 4 aromatic rings. The van der Waals surface area contributed by atoms with Gasteiger partial charge in [0.25, 0.3) is 0 Å². The highest BCUT2D eigenvalue weighted by atomic mass is 79.9. The highest BCUT2D eigenvalue weighted by Crippen LogP contribution is 2.28. The molecule has 0 aliphatic heterocycles. The van der Waals surface area contributed by atoms with Crippen LogP contribution >= 0.6 is 15.9 Å². The van der Waals surface area contributed by atoms with Gasteiger partial charge in [-0.1, -0.05) is 58.4 Å². The molecule has 156 valence electrons. The molecular formula is C25H19BrO5. The van der Waals surface area contributed by atoms with Crippen molar-refractivity contribution in [1.29, 1.82) is 0 Å². The Morgan fingerprint density at radius 3 is 2.48 bits per heavy atom. The molecule has 0 saturated heterocycles. The molecule has 1 atom stereocenters. The molecule has 0 saturated carbocycles. The molecule has 3 aromatic carbocycles. The molecule has 0 aliphatic rings. The number of halogens is 1. The van der Waals surface area contributed by atoms with Crippen molar-refractivity contribution in [2.45, 2.75) is 13.0 Å². The Bertz CT molecular complexity index is 1260. The van der Waals surface area contributed by atoms with Gasteiger partial charge in [0.1, 0.15) is 17.6 Å². The molecule has 5 nitrogen and oxygen atoms in total. The van der Waals surface area contributed by atoms with E-state index in [-0.39, 0.29) is 12.0 Å². The quantitative estimate of drug-likeness (QED) is 0.322. The van der Waals surface area contributed by atoms with Gasteiger partial charge in [-0.2, -0.15) is 0 Å². The summed E-state index contributed by atoms with van der Waals surface area (Å²) in [4.78, 5) is 25.4.